The van der Waals surface area contributed by atoms with Gasteiger partial charge in [0.05, 0.1) is 19.2 Å². The highest BCUT2D eigenvalue weighted by Gasteiger charge is 2.34. The van der Waals surface area contributed by atoms with E-state index in [0.717, 1.165) is 43.3 Å². The van der Waals surface area contributed by atoms with Crippen molar-refractivity contribution in [3.05, 3.63) is 48.1 Å². The van der Waals surface area contributed by atoms with Gasteiger partial charge >= 0.3 is 0 Å². The lowest BCUT2D eigenvalue weighted by molar-refractivity contribution is 0.0704. The van der Waals surface area contributed by atoms with Crippen molar-refractivity contribution < 1.29 is 4.79 Å². The number of nitrogens with zero attached hydrogens (tertiary/aromatic N) is 7. The molecule has 0 spiro atoms. The topological polar surface area (TPSA) is 97.5 Å². The summed E-state index contributed by atoms with van der Waals surface area (Å²) in [6.45, 7) is 4.03. The number of hydrogen-bond donors (Lipinski definition) is 1. The normalized spacial score (nSPS) is 18.0. The van der Waals surface area contributed by atoms with E-state index in [1.807, 2.05) is 28.9 Å². The minimum Gasteiger partial charge on any atom is -0.348 e. The number of hydrogen-bond acceptors (Lipinski definition) is 5. The lowest BCUT2D eigenvalue weighted by Crippen LogP contribution is -2.38. The molecule has 2 fully saturated rings. The Morgan fingerprint density at radius 3 is 2.68 bits per heavy atom. The van der Waals surface area contributed by atoms with Crippen molar-refractivity contribution in [3.63, 3.8) is 0 Å². The molecule has 0 unspecified atom stereocenters. The van der Waals surface area contributed by atoms with Gasteiger partial charge in [-0.05, 0) is 32.6 Å². The number of amides is 1. The molecule has 1 saturated carbocycles. The molecule has 0 aromatic carbocycles. The van der Waals surface area contributed by atoms with E-state index in [1.54, 1.807) is 12.5 Å². The van der Waals surface area contributed by atoms with E-state index < -0.39 is 0 Å². The Morgan fingerprint density at radius 2 is 2.04 bits per heavy atom. The van der Waals surface area contributed by atoms with Crippen LogP contribution >= 0.6 is 0 Å². The van der Waals surface area contributed by atoms with Crippen molar-refractivity contribution in [2.45, 2.75) is 51.1 Å². The van der Waals surface area contributed by atoms with Gasteiger partial charge < -0.3 is 19.0 Å². The average molecular weight is 380 g/mol. The Hall–Kier alpha value is -2.97. The first-order valence-corrected chi connectivity index (χ1v) is 9.89. The van der Waals surface area contributed by atoms with Crippen LogP contribution in [0.4, 0.5) is 0 Å². The van der Waals surface area contributed by atoms with E-state index in [0.29, 0.717) is 24.2 Å². The fourth-order valence-corrected chi connectivity index (χ4v) is 4.06. The predicted octanol–water partition coefficient (Wildman–Crippen LogP) is 1.91. The Bertz CT molecular complexity index is 960. The maximum absolute atomic E-state index is 12.7. The van der Waals surface area contributed by atoms with Crippen LogP contribution < -0.4 is 0 Å². The third-order valence-corrected chi connectivity index (χ3v) is 5.77. The van der Waals surface area contributed by atoms with Gasteiger partial charge in [0, 0.05) is 43.1 Å². The molecule has 9 nitrogen and oxygen atoms in total. The molecule has 1 aliphatic heterocycles. The maximum atomic E-state index is 12.7. The van der Waals surface area contributed by atoms with Gasteiger partial charge in [0.1, 0.15) is 11.5 Å². The molecule has 3 aromatic rings. The number of carbonyl (C=O) groups is 1. The molecule has 1 N–H and O–H groups in total. The number of H-pyrrole nitrogens is 1. The predicted molar refractivity (Wildman–Crippen MR) is 101 cm³/mol. The number of likely N-dealkylation sites (tertiary alicyclic amines) is 1. The molecule has 5 rings (SSSR count). The summed E-state index contributed by atoms with van der Waals surface area (Å²) in [5, 5.41) is 9.08. The van der Waals surface area contributed by atoms with Crippen LogP contribution in [0.25, 0.3) is 0 Å². The lowest BCUT2D eigenvalue weighted by atomic mass is 9.95. The number of piperidine rings is 1. The second kappa shape index (κ2) is 6.88. The van der Waals surface area contributed by atoms with Crippen molar-refractivity contribution in [2.75, 3.05) is 13.1 Å². The summed E-state index contributed by atoms with van der Waals surface area (Å²) >= 11 is 0. The van der Waals surface area contributed by atoms with Gasteiger partial charge in [0.2, 0.25) is 0 Å². The standard InChI is InChI=1S/C19H24N8O/c1-13-17(22-11-21-13)19(28)26-7-4-14(5-8-26)18-24-23-16(27(18)15-2-3-15)10-25-9-6-20-12-25/h6,9,11-12,14-15H,2-5,7-8,10H2,1H3,(H,21,22). The molecule has 1 aliphatic carbocycles. The summed E-state index contributed by atoms with van der Waals surface area (Å²) < 4.78 is 4.38. The number of aryl methyl sites for hydroxylation is 1. The zero-order valence-corrected chi connectivity index (χ0v) is 16.0. The van der Waals surface area contributed by atoms with Crippen molar-refractivity contribution in [3.8, 4) is 0 Å². The van der Waals surface area contributed by atoms with E-state index in [9.17, 15) is 4.79 Å². The molecule has 0 atom stereocenters. The van der Waals surface area contributed by atoms with Crippen LogP contribution in [-0.2, 0) is 6.54 Å². The second-order valence-electron chi connectivity index (χ2n) is 7.75. The molecular weight excluding hydrogens is 356 g/mol. The zero-order chi connectivity index (χ0) is 19.1. The molecule has 3 aromatic heterocycles. The molecule has 28 heavy (non-hydrogen) atoms. The Kier molecular flexibility index (Phi) is 4.22. The Balaban J connectivity index is 1.31. The molecule has 4 heterocycles. The molecular formula is C19H24N8O. The van der Waals surface area contributed by atoms with Crippen LogP contribution in [-0.4, -0.2) is 58.2 Å². The fourth-order valence-electron chi connectivity index (χ4n) is 4.06. The highest BCUT2D eigenvalue weighted by atomic mass is 16.2. The van der Waals surface area contributed by atoms with Crippen LogP contribution in [0.15, 0.2) is 25.0 Å². The largest absolute Gasteiger partial charge is 0.348 e. The number of rotatable bonds is 5. The first-order chi connectivity index (χ1) is 13.7. The van der Waals surface area contributed by atoms with Crippen LogP contribution in [0.5, 0.6) is 0 Å². The summed E-state index contributed by atoms with van der Waals surface area (Å²) in [5.74, 6) is 2.44. The molecule has 2 aliphatic rings. The smallest absolute Gasteiger partial charge is 0.274 e. The summed E-state index contributed by atoms with van der Waals surface area (Å²) in [6, 6.07) is 0.523. The van der Waals surface area contributed by atoms with Gasteiger partial charge in [-0.15, -0.1) is 10.2 Å². The number of nitrogens with one attached hydrogen (secondary N) is 1. The number of imidazole rings is 2. The van der Waals surface area contributed by atoms with E-state index in [1.165, 1.54) is 12.8 Å². The quantitative estimate of drug-likeness (QED) is 0.729. The summed E-state index contributed by atoms with van der Waals surface area (Å²) in [5.41, 5.74) is 1.35. The second-order valence-corrected chi connectivity index (χ2v) is 7.75. The van der Waals surface area contributed by atoms with Crippen LogP contribution in [0.2, 0.25) is 0 Å². The monoisotopic (exact) mass is 380 g/mol. The van der Waals surface area contributed by atoms with Crippen molar-refractivity contribution in [1.29, 1.82) is 0 Å². The van der Waals surface area contributed by atoms with E-state index in [4.69, 9.17) is 0 Å². The van der Waals surface area contributed by atoms with Gasteiger partial charge in [-0.1, -0.05) is 0 Å². The minimum atomic E-state index is 0.0154. The molecule has 0 bridgehead atoms. The highest BCUT2D eigenvalue weighted by molar-refractivity contribution is 5.93. The maximum Gasteiger partial charge on any atom is 0.274 e. The van der Waals surface area contributed by atoms with Crippen LogP contribution in [0.1, 0.15) is 65.5 Å². The van der Waals surface area contributed by atoms with Gasteiger partial charge in [-0.3, -0.25) is 4.79 Å². The number of aromatic nitrogens is 7. The van der Waals surface area contributed by atoms with Crippen LogP contribution in [0, 0.1) is 6.92 Å². The van der Waals surface area contributed by atoms with Gasteiger partial charge in [0.15, 0.2) is 5.82 Å². The third kappa shape index (κ3) is 3.10. The lowest BCUT2D eigenvalue weighted by Gasteiger charge is -2.31. The fraction of sp³-hybridized carbons (Fsp3) is 0.526. The van der Waals surface area contributed by atoms with E-state index in [2.05, 4.69) is 29.7 Å². The first kappa shape index (κ1) is 17.2. The Labute approximate surface area is 162 Å². The van der Waals surface area contributed by atoms with Crippen molar-refractivity contribution in [2.24, 2.45) is 0 Å². The summed E-state index contributed by atoms with van der Waals surface area (Å²) in [6.07, 6.45) is 11.3. The molecule has 0 radical (unpaired) electrons. The zero-order valence-electron chi connectivity index (χ0n) is 16.0. The minimum absolute atomic E-state index is 0.0154. The summed E-state index contributed by atoms with van der Waals surface area (Å²) in [7, 11) is 0. The van der Waals surface area contributed by atoms with Crippen LogP contribution in [0.3, 0.4) is 0 Å². The molecule has 146 valence electrons. The summed E-state index contributed by atoms with van der Waals surface area (Å²) in [4.78, 5) is 25.9. The average Bonchev–Trinajstić information content (AvgIpc) is 3.09. The van der Waals surface area contributed by atoms with Crippen molar-refractivity contribution in [1.82, 2.24) is 39.2 Å². The van der Waals surface area contributed by atoms with E-state index >= 15 is 0 Å². The molecule has 9 heteroatoms. The van der Waals surface area contributed by atoms with E-state index in [-0.39, 0.29) is 5.91 Å². The number of carbonyl (C=O) groups excluding carboxylic acids is 1. The number of aromatic amines is 1. The molecule has 1 amide bonds. The molecule has 1 saturated heterocycles. The highest BCUT2D eigenvalue weighted by Crippen LogP contribution is 2.40. The first-order valence-electron chi connectivity index (χ1n) is 9.89. The van der Waals surface area contributed by atoms with Gasteiger partial charge in [-0.2, -0.15) is 0 Å². The Morgan fingerprint density at radius 1 is 1.21 bits per heavy atom. The van der Waals surface area contributed by atoms with Gasteiger partial charge in [-0.25, -0.2) is 9.97 Å². The third-order valence-electron chi connectivity index (χ3n) is 5.77. The van der Waals surface area contributed by atoms with Crippen molar-refractivity contribution >= 4 is 5.91 Å². The van der Waals surface area contributed by atoms with Gasteiger partial charge in [0.25, 0.3) is 5.91 Å². The SMILES string of the molecule is Cc1[nH]cnc1C(=O)N1CCC(c2nnc(Cn3ccnc3)n2C2CC2)CC1.